The van der Waals surface area contributed by atoms with Crippen LogP contribution in [-0.2, 0) is 4.74 Å². The predicted molar refractivity (Wildman–Crippen MR) is 69.8 cm³/mol. The van der Waals surface area contributed by atoms with E-state index in [2.05, 4.69) is 10.3 Å². The highest BCUT2D eigenvalue weighted by atomic mass is 16.6. The summed E-state index contributed by atoms with van der Waals surface area (Å²) in [6.07, 6.45) is -0.765. The minimum absolute atomic E-state index is 0.325. The molecule has 1 amide bonds. The first-order chi connectivity index (χ1) is 8.28. The lowest BCUT2D eigenvalue weighted by atomic mass is 10.2. The van der Waals surface area contributed by atoms with Crippen LogP contribution in [0.4, 0.5) is 4.79 Å². The first kappa shape index (κ1) is 14.8. The highest BCUT2D eigenvalue weighted by molar-refractivity contribution is 5.87. The number of rotatable bonds is 2. The van der Waals surface area contributed by atoms with Crippen molar-refractivity contribution in [1.29, 1.82) is 0 Å². The second kappa shape index (κ2) is 6.04. The second-order valence-electron chi connectivity index (χ2n) is 5.46. The van der Waals surface area contributed by atoms with Gasteiger partial charge in [0.1, 0.15) is 11.4 Å². The third-order valence-corrected chi connectivity index (χ3v) is 2.27. The van der Waals surface area contributed by atoms with E-state index in [9.17, 15) is 9.90 Å². The van der Waals surface area contributed by atoms with Gasteiger partial charge in [-0.1, -0.05) is 0 Å². The van der Waals surface area contributed by atoms with Gasteiger partial charge in [-0.3, -0.25) is 9.89 Å². The molecule has 0 saturated carbocycles. The molecule has 1 aliphatic rings. The highest BCUT2D eigenvalue weighted by Crippen LogP contribution is 2.10. The number of amidine groups is 1. The summed E-state index contributed by atoms with van der Waals surface area (Å²) in [7, 11) is 0. The second-order valence-corrected chi connectivity index (χ2v) is 5.46. The van der Waals surface area contributed by atoms with E-state index in [1.807, 2.05) is 20.8 Å². The number of aliphatic hydroxyl groups excluding tert-OH is 1. The molecule has 104 valence electrons. The molecule has 0 spiro atoms. The minimum atomic E-state index is -0.487. The first-order valence-corrected chi connectivity index (χ1v) is 6.21. The van der Waals surface area contributed by atoms with Crippen LogP contribution in [0.2, 0.25) is 0 Å². The molecular weight excluding hydrogens is 234 g/mol. The fourth-order valence-corrected chi connectivity index (χ4v) is 1.48. The molecule has 0 radical (unpaired) electrons. The molecule has 1 unspecified atom stereocenters. The number of aliphatic imine (C=N–C) groups is 1. The molecule has 0 aromatic heterocycles. The van der Waals surface area contributed by atoms with Crippen LogP contribution in [0.15, 0.2) is 4.99 Å². The van der Waals surface area contributed by atoms with Crippen LogP contribution in [0.1, 0.15) is 27.7 Å². The Balaban J connectivity index is 2.46. The van der Waals surface area contributed by atoms with E-state index in [4.69, 9.17) is 4.74 Å². The third kappa shape index (κ3) is 5.35. The van der Waals surface area contributed by atoms with Crippen LogP contribution in [0.25, 0.3) is 0 Å². The Morgan fingerprint density at radius 1 is 1.61 bits per heavy atom. The van der Waals surface area contributed by atoms with Crippen molar-refractivity contribution >= 4 is 11.9 Å². The number of hydrogen-bond acceptors (Lipinski definition) is 5. The fourth-order valence-electron chi connectivity index (χ4n) is 1.48. The Labute approximate surface area is 108 Å². The van der Waals surface area contributed by atoms with Crippen molar-refractivity contribution in [1.82, 2.24) is 10.2 Å². The largest absolute Gasteiger partial charge is 0.444 e. The van der Waals surface area contributed by atoms with Crippen LogP contribution in [0.3, 0.4) is 0 Å². The predicted octanol–water partition coefficient (Wildman–Crippen LogP) is 0.606. The van der Waals surface area contributed by atoms with Crippen LogP contribution < -0.4 is 5.32 Å². The summed E-state index contributed by atoms with van der Waals surface area (Å²) in [5.74, 6) is 0.716. The summed E-state index contributed by atoms with van der Waals surface area (Å²) in [5, 5.41) is 12.2. The zero-order chi connectivity index (χ0) is 13.8. The zero-order valence-electron chi connectivity index (χ0n) is 11.6. The Morgan fingerprint density at radius 2 is 2.28 bits per heavy atom. The number of hydrogen-bond donors (Lipinski definition) is 2. The molecule has 1 rings (SSSR count). The van der Waals surface area contributed by atoms with E-state index in [0.717, 1.165) is 0 Å². The lowest BCUT2D eigenvalue weighted by molar-refractivity contribution is 0.0276. The van der Waals surface area contributed by atoms with Gasteiger partial charge in [-0.25, -0.2) is 4.79 Å². The molecule has 0 fully saturated rings. The quantitative estimate of drug-likeness (QED) is 0.760. The molecule has 2 N–H and O–H groups in total. The van der Waals surface area contributed by atoms with Gasteiger partial charge in [-0.05, 0) is 27.7 Å². The van der Waals surface area contributed by atoms with Crippen LogP contribution >= 0.6 is 0 Å². The van der Waals surface area contributed by atoms with E-state index in [1.165, 1.54) is 0 Å². The molecular formula is C12H23N3O3. The van der Waals surface area contributed by atoms with Crippen molar-refractivity contribution in [2.75, 3.05) is 26.2 Å². The van der Waals surface area contributed by atoms with Crippen molar-refractivity contribution < 1.29 is 14.6 Å². The van der Waals surface area contributed by atoms with E-state index in [0.29, 0.717) is 32.0 Å². The van der Waals surface area contributed by atoms with Crippen molar-refractivity contribution in [3.8, 4) is 0 Å². The molecule has 0 saturated heterocycles. The summed E-state index contributed by atoms with van der Waals surface area (Å²) >= 11 is 0. The summed E-state index contributed by atoms with van der Waals surface area (Å²) < 4.78 is 5.31. The summed E-state index contributed by atoms with van der Waals surface area (Å²) in [5.41, 5.74) is -0.487. The van der Waals surface area contributed by atoms with Gasteiger partial charge in [0, 0.05) is 13.1 Å². The van der Waals surface area contributed by atoms with Crippen LogP contribution in [0, 0.1) is 0 Å². The maximum absolute atomic E-state index is 11.9. The Morgan fingerprint density at radius 3 is 2.83 bits per heavy atom. The standard InChI is InChI=1S/C12H23N3O3/c1-9(16)7-14-10-8-15(6-5-13-10)11(17)18-12(2,3)4/h9,16H,5-8H2,1-4H3,(H,13,14). The number of ether oxygens (including phenoxy) is 1. The summed E-state index contributed by atoms with van der Waals surface area (Å²) in [6, 6.07) is 0. The third-order valence-electron chi connectivity index (χ3n) is 2.27. The lowest BCUT2D eigenvalue weighted by Crippen LogP contribution is -2.48. The summed E-state index contributed by atoms with van der Waals surface area (Å²) in [4.78, 5) is 17.8. The Hall–Kier alpha value is -1.30. The molecule has 6 nitrogen and oxygen atoms in total. The maximum Gasteiger partial charge on any atom is 0.410 e. The summed E-state index contributed by atoms with van der Waals surface area (Å²) in [6.45, 7) is 9.18. The van der Waals surface area contributed by atoms with Gasteiger partial charge < -0.3 is 15.2 Å². The van der Waals surface area contributed by atoms with Crippen LogP contribution in [0.5, 0.6) is 0 Å². The number of aliphatic hydroxyl groups is 1. The average Bonchev–Trinajstić information content (AvgIpc) is 2.24. The van der Waals surface area contributed by atoms with Crippen LogP contribution in [-0.4, -0.2) is 59.8 Å². The Bertz CT molecular complexity index is 321. The maximum atomic E-state index is 11.9. The topological polar surface area (TPSA) is 74.2 Å². The monoisotopic (exact) mass is 257 g/mol. The highest BCUT2D eigenvalue weighted by Gasteiger charge is 2.24. The van der Waals surface area contributed by atoms with Crippen molar-refractivity contribution in [2.45, 2.75) is 39.4 Å². The van der Waals surface area contributed by atoms with Gasteiger partial charge in [0.25, 0.3) is 0 Å². The molecule has 18 heavy (non-hydrogen) atoms. The van der Waals surface area contributed by atoms with Gasteiger partial charge in [0.05, 0.1) is 19.2 Å². The van der Waals surface area contributed by atoms with Crippen molar-refractivity contribution in [2.24, 2.45) is 4.99 Å². The average molecular weight is 257 g/mol. The molecule has 0 bridgehead atoms. The van der Waals surface area contributed by atoms with Gasteiger partial charge >= 0.3 is 6.09 Å². The van der Waals surface area contributed by atoms with E-state index < -0.39 is 11.7 Å². The Kier molecular flexibility index (Phi) is 4.95. The smallest absolute Gasteiger partial charge is 0.410 e. The van der Waals surface area contributed by atoms with E-state index in [1.54, 1.807) is 11.8 Å². The minimum Gasteiger partial charge on any atom is -0.444 e. The fraction of sp³-hybridized carbons (Fsp3) is 0.833. The van der Waals surface area contributed by atoms with Gasteiger partial charge in [-0.15, -0.1) is 0 Å². The molecule has 1 heterocycles. The van der Waals surface area contributed by atoms with E-state index in [-0.39, 0.29) is 6.09 Å². The lowest BCUT2D eigenvalue weighted by Gasteiger charge is -2.30. The zero-order valence-corrected chi connectivity index (χ0v) is 11.6. The molecule has 6 heteroatoms. The normalized spacial score (nSPS) is 18.1. The molecule has 0 aromatic carbocycles. The SMILES string of the molecule is CC(O)CNC1=NCCN(C(=O)OC(C)(C)C)C1. The molecule has 0 aliphatic carbocycles. The molecule has 1 atom stereocenters. The number of carbonyl (C=O) groups excluding carboxylic acids is 1. The van der Waals surface area contributed by atoms with Gasteiger partial charge in [0.2, 0.25) is 0 Å². The van der Waals surface area contributed by atoms with E-state index >= 15 is 0 Å². The van der Waals surface area contributed by atoms with Crippen molar-refractivity contribution in [3.05, 3.63) is 0 Å². The molecule has 0 aromatic rings. The molecule has 1 aliphatic heterocycles. The van der Waals surface area contributed by atoms with Gasteiger partial charge in [0.15, 0.2) is 0 Å². The number of nitrogens with zero attached hydrogens (tertiary/aromatic N) is 2. The van der Waals surface area contributed by atoms with Gasteiger partial charge in [-0.2, -0.15) is 0 Å². The van der Waals surface area contributed by atoms with Crippen molar-refractivity contribution in [3.63, 3.8) is 0 Å². The number of amides is 1. The number of carbonyl (C=O) groups is 1. The first-order valence-electron chi connectivity index (χ1n) is 6.21. The number of nitrogens with one attached hydrogen (secondary N) is 1.